The van der Waals surface area contributed by atoms with E-state index in [1.165, 1.54) is 0 Å². The molecule has 10 heteroatoms. The highest BCUT2D eigenvalue weighted by Gasteiger charge is 2.54. The molecular weight excluding hydrogens is 424 g/mol. The molecule has 4 saturated carbocycles. The number of aliphatic hydroxyl groups is 2. The molecule has 1 amide bonds. The number of hydrogen-bond donors (Lipinski definition) is 5. The van der Waals surface area contributed by atoms with Crippen LogP contribution in [0.5, 0.6) is 0 Å². The number of carbonyl (C=O) groups is 1. The van der Waals surface area contributed by atoms with E-state index < -0.39 is 17.6 Å². The van der Waals surface area contributed by atoms with Crippen LogP contribution in [0.15, 0.2) is 23.0 Å². The first-order chi connectivity index (χ1) is 15.9. The maximum atomic E-state index is 12.3. The van der Waals surface area contributed by atoms with E-state index >= 15 is 0 Å². The molecule has 0 aliphatic heterocycles. The summed E-state index contributed by atoms with van der Waals surface area (Å²) < 4.78 is 5.45. The maximum absolute atomic E-state index is 12.3. The number of hydrogen-bond acceptors (Lipinski definition) is 8. The molecule has 4 fully saturated rings. The monoisotopic (exact) mass is 452 g/mol. The van der Waals surface area contributed by atoms with Gasteiger partial charge >= 0.3 is 0 Å². The molecule has 0 saturated heterocycles. The van der Waals surface area contributed by atoms with E-state index in [-0.39, 0.29) is 24.3 Å². The number of nitrogens with zero attached hydrogens (tertiary/aromatic N) is 3. The van der Waals surface area contributed by atoms with Gasteiger partial charge in [-0.05, 0) is 62.8 Å². The highest BCUT2D eigenvalue weighted by atomic mass is 16.5. The molecule has 3 atom stereocenters. The molecule has 4 aliphatic rings. The Hall–Kier alpha value is -2.98. The van der Waals surface area contributed by atoms with E-state index in [4.69, 9.17) is 4.52 Å². The average molecular weight is 453 g/mol. The summed E-state index contributed by atoms with van der Waals surface area (Å²) in [6.07, 6.45) is 7.74. The molecule has 4 bridgehead atoms. The minimum Gasteiger partial charge on any atom is -0.392 e. The third-order valence-electron chi connectivity index (χ3n) is 7.56. The first kappa shape index (κ1) is 20.6. The first-order valence-corrected chi connectivity index (χ1v) is 11.6. The van der Waals surface area contributed by atoms with E-state index in [1.807, 2.05) is 12.3 Å². The van der Waals surface area contributed by atoms with Crippen LogP contribution in [0.4, 0.5) is 5.69 Å². The zero-order valence-electron chi connectivity index (χ0n) is 18.4. The summed E-state index contributed by atoms with van der Waals surface area (Å²) in [6.45, 7) is 1.69. The number of pyridine rings is 1. The standard InChI is InChI=1S/C23H28N6O4/c1-11(30)9-26-21(31)20-28-22(33-29-20)16-10-25-19-15(2-3-24-19)18(16)27-17-13-4-12-5-14(17)8-23(32,6-12)7-13/h2-3,10-14,17,30,32H,4-9H2,1H3,(H,26,31)(H2,24,25,27). The number of anilines is 1. The Bertz CT molecular complexity index is 1190. The van der Waals surface area contributed by atoms with E-state index in [1.54, 1.807) is 13.1 Å². The van der Waals surface area contributed by atoms with Crippen LogP contribution in [-0.2, 0) is 0 Å². The summed E-state index contributed by atoms with van der Waals surface area (Å²) in [5.41, 5.74) is 1.74. The molecule has 3 unspecified atom stereocenters. The molecule has 3 heterocycles. The molecule has 5 N–H and O–H groups in total. The van der Waals surface area contributed by atoms with Gasteiger partial charge in [0, 0.05) is 30.4 Å². The van der Waals surface area contributed by atoms with Gasteiger partial charge in [-0.2, -0.15) is 4.98 Å². The van der Waals surface area contributed by atoms with Crippen LogP contribution in [0.3, 0.4) is 0 Å². The number of nitrogens with one attached hydrogen (secondary N) is 3. The second-order valence-electron chi connectivity index (χ2n) is 10.1. The van der Waals surface area contributed by atoms with Crippen molar-refractivity contribution in [3.8, 4) is 11.5 Å². The van der Waals surface area contributed by atoms with Crippen LogP contribution in [0.2, 0.25) is 0 Å². The molecule has 0 aromatic carbocycles. The fourth-order valence-corrected chi connectivity index (χ4v) is 6.45. The van der Waals surface area contributed by atoms with Crippen molar-refractivity contribution >= 4 is 22.6 Å². The molecule has 33 heavy (non-hydrogen) atoms. The summed E-state index contributed by atoms with van der Waals surface area (Å²) in [5, 5.41) is 31.5. The van der Waals surface area contributed by atoms with Crippen molar-refractivity contribution in [1.29, 1.82) is 0 Å². The van der Waals surface area contributed by atoms with Gasteiger partial charge in [-0.15, -0.1) is 0 Å². The van der Waals surface area contributed by atoms with Crippen molar-refractivity contribution in [3.63, 3.8) is 0 Å². The summed E-state index contributed by atoms with van der Waals surface area (Å²) in [7, 11) is 0. The van der Waals surface area contributed by atoms with Gasteiger partial charge in [0.05, 0.1) is 23.0 Å². The Morgan fingerprint density at radius 1 is 1.33 bits per heavy atom. The lowest BCUT2D eigenvalue weighted by molar-refractivity contribution is -0.129. The molecule has 3 aromatic heterocycles. The third-order valence-corrected chi connectivity index (χ3v) is 7.56. The number of aliphatic hydroxyl groups excluding tert-OH is 1. The Labute approximate surface area is 190 Å². The highest BCUT2D eigenvalue weighted by Crippen LogP contribution is 2.56. The molecule has 174 valence electrons. The van der Waals surface area contributed by atoms with Gasteiger partial charge in [-0.3, -0.25) is 4.79 Å². The van der Waals surface area contributed by atoms with Gasteiger partial charge in [0.2, 0.25) is 0 Å². The van der Waals surface area contributed by atoms with E-state index in [0.29, 0.717) is 23.3 Å². The number of fused-ring (bicyclic) bond motifs is 1. The van der Waals surface area contributed by atoms with Gasteiger partial charge < -0.3 is 30.4 Å². The molecule has 0 radical (unpaired) electrons. The first-order valence-electron chi connectivity index (χ1n) is 11.6. The summed E-state index contributed by atoms with van der Waals surface area (Å²) in [4.78, 5) is 24.2. The lowest BCUT2D eigenvalue weighted by atomic mass is 9.52. The van der Waals surface area contributed by atoms with E-state index in [0.717, 1.165) is 48.8 Å². The van der Waals surface area contributed by atoms with Crippen LogP contribution in [0.1, 0.15) is 49.6 Å². The average Bonchev–Trinajstić information content (AvgIpc) is 3.43. The predicted octanol–water partition coefficient (Wildman–Crippen LogP) is 2.08. The van der Waals surface area contributed by atoms with Crippen molar-refractivity contribution in [3.05, 3.63) is 24.3 Å². The molecule has 7 rings (SSSR count). The number of aromatic amines is 1. The largest absolute Gasteiger partial charge is 0.392 e. The Balaban J connectivity index is 1.33. The number of aromatic nitrogens is 4. The number of rotatable bonds is 6. The van der Waals surface area contributed by atoms with Gasteiger partial charge in [0.25, 0.3) is 17.6 Å². The van der Waals surface area contributed by atoms with Crippen molar-refractivity contribution in [2.24, 2.45) is 17.8 Å². The van der Waals surface area contributed by atoms with Crippen LogP contribution in [-0.4, -0.2) is 60.5 Å². The minimum absolute atomic E-state index is 0.0948. The lowest BCUT2D eigenvalue weighted by Crippen LogP contribution is -2.59. The van der Waals surface area contributed by atoms with Crippen LogP contribution in [0.25, 0.3) is 22.5 Å². The topological polar surface area (TPSA) is 149 Å². The Kier molecular flexibility index (Phi) is 4.70. The van der Waals surface area contributed by atoms with Crippen LogP contribution in [0, 0.1) is 17.8 Å². The lowest BCUT2D eigenvalue weighted by Gasteiger charge is -2.58. The fraction of sp³-hybridized carbons (Fsp3) is 0.565. The zero-order valence-corrected chi connectivity index (χ0v) is 18.4. The van der Waals surface area contributed by atoms with Gasteiger partial charge in [-0.1, -0.05) is 5.16 Å². The Morgan fingerprint density at radius 2 is 2.12 bits per heavy atom. The zero-order chi connectivity index (χ0) is 22.7. The number of H-pyrrole nitrogens is 1. The molecule has 10 nitrogen and oxygen atoms in total. The van der Waals surface area contributed by atoms with Gasteiger partial charge in [0.1, 0.15) is 5.65 Å². The third kappa shape index (κ3) is 3.57. The van der Waals surface area contributed by atoms with E-state index in [9.17, 15) is 15.0 Å². The maximum Gasteiger partial charge on any atom is 0.292 e. The smallest absolute Gasteiger partial charge is 0.292 e. The quantitative estimate of drug-likeness (QED) is 0.382. The summed E-state index contributed by atoms with van der Waals surface area (Å²) in [6, 6.07) is 2.21. The van der Waals surface area contributed by atoms with Crippen molar-refractivity contribution in [2.45, 2.75) is 56.8 Å². The predicted molar refractivity (Wildman–Crippen MR) is 119 cm³/mol. The normalized spacial score (nSPS) is 31.1. The van der Waals surface area contributed by atoms with Crippen LogP contribution < -0.4 is 10.6 Å². The second kappa shape index (κ2) is 7.53. The van der Waals surface area contributed by atoms with Crippen molar-refractivity contribution < 1.29 is 19.5 Å². The SMILES string of the molecule is CC(O)CNC(=O)c1noc(-c2cnc3[nH]ccc3c2NC2C3CC4CC2CC(O)(C4)C3)n1. The summed E-state index contributed by atoms with van der Waals surface area (Å²) in [5.74, 6) is 1.06. The van der Waals surface area contributed by atoms with Crippen molar-refractivity contribution in [1.82, 2.24) is 25.4 Å². The number of carbonyl (C=O) groups excluding carboxylic acids is 1. The second-order valence-corrected chi connectivity index (χ2v) is 10.1. The van der Waals surface area contributed by atoms with Gasteiger partial charge in [0.15, 0.2) is 0 Å². The molecule has 3 aromatic rings. The number of amides is 1. The summed E-state index contributed by atoms with van der Waals surface area (Å²) >= 11 is 0. The minimum atomic E-state index is -0.671. The molecular formula is C23H28N6O4. The fourth-order valence-electron chi connectivity index (χ4n) is 6.45. The highest BCUT2D eigenvalue weighted by molar-refractivity contribution is 5.97. The molecule has 4 aliphatic carbocycles. The van der Waals surface area contributed by atoms with Gasteiger partial charge in [-0.25, -0.2) is 4.98 Å². The van der Waals surface area contributed by atoms with E-state index in [2.05, 4.69) is 30.7 Å². The van der Waals surface area contributed by atoms with Crippen LogP contribution >= 0.6 is 0 Å². The van der Waals surface area contributed by atoms with Crippen molar-refractivity contribution in [2.75, 3.05) is 11.9 Å². The Morgan fingerprint density at radius 3 is 2.85 bits per heavy atom. The molecule has 0 spiro atoms.